The maximum Gasteiger partial charge on any atom is 0.326 e. The van der Waals surface area contributed by atoms with Crippen molar-refractivity contribution in [1.29, 1.82) is 0 Å². The first-order valence-electron chi connectivity index (χ1n) is 10.3. The van der Waals surface area contributed by atoms with Crippen LogP contribution in [0.4, 0.5) is 5.82 Å². The van der Waals surface area contributed by atoms with Crippen LogP contribution in [0.25, 0.3) is 22.1 Å². The number of carbonyl (C=O) groups is 1. The van der Waals surface area contributed by atoms with Crippen molar-refractivity contribution >= 4 is 33.9 Å². The number of aromatic nitrogens is 5. The van der Waals surface area contributed by atoms with Gasteiger partial charge in [-0.25, -0.2) is 19.7 Å². The van der Waals surface area contributed by atoms with E-state index in [1.54, 1.807) is 0 Å². The molecule has 4 heterocycles. The topological polar surface area (TPSA) is 179 Å². The number of benzene rings is 1. The molecule has 0 spiro atoms. The molecule has 1 aliphatic rings. The molecule has 33 heavy (non-hydrogen) atoms. The van der Waals surface area contributed by atoms with E-state index in [9.17, 15) is 25.2 Å². The van der Waals surface area contributed by atoms with Gasteiger partial charge in [0.1, 0.15) is 30.7 Å². The van der Waals surface area contributed by atoms with Crippen LogP contribution in [0.3, 0.4) is 0 Å². The summed E-state index contributed by atoms with van der Waals surface area (Å²) >= 11 is 0. The van der Waals surface area contributed by atoms with Crippen molar-refractivity contribution in [1.82, 2.24) is 24.5 Å². The first-order chi connectivity index (χ1) is 16.0. The molecule has 12 nitrogen and oxygen atoms in total. The highest BCUT2D eigenvalue weighted by Gasteiger charge is 2.44. The summed E-state index contributed by atoms with van der Waals surface area (Å²) in [6.45, 7) is -0.461. The fourth-order valence-electron chi connectivity index (χ4n) is 4.08. The van der Waals surface area contributed by atoms with Gasteiger partial charge in [0.05, 0.1) is 12.9 Å². The van der Waals surface area contributed by atoms with Gasteiger partial charge in [0.15, 0.2) is 23.2 Å². The van der Waals surface area contributed by atoms with Crippen LogP contribution in [0.1, 0.15) is 11.9 Å². The number of aliphatic hydroxyl groups excluding tert-OH is 3. The lowest BCUT2D eigenvalue weighted by atomic mass is 10.1. The number of ether oxygens (including phenoxy) is 1. The second-order valence-electron chi connectivity index (χ2n) is 7.90. The summed E-state index contributed by atoms with van der Waals surface area (Å²) in [6, 6.07) is 8.57. The van der Waals surface area contributed by atoms with Gasteiger partial charge >= 0.3 is 5.97 Å². The minimum atomic E-state index is -1.31. The lowest BCUT2D eigenvalue weighted by Gasteiger charge is -2.17. The minimum Gasteiger partial charge on any atom is -0.480 e. The zero-order valence-electron chi connectivity index (χ0n) is 17.2. The largest absolute Gasteiger partial charge is 0.480 e. The van der Waals surface area contributed by atoms with Gasteiger partial charge in [-0.3, -0.25) is 4.57 Å². The fourth-order valence-corrected chi connectivity index (χ4v) is 4.08. The molecule has 1 aromatic carbocycles. The number of aliphatic carboxylic acids is 1. The summed E-state index contributed by atoms with van der Waals surface area (Å²) in [5.41, 5.74) is 2.21. The van der Waals surface area contributed by atoms with E-state index in [1.165, 1.54) is 17.2 Å². The molecular weight excluding hydrogens is 432 g/mol. The van der Waals surface area contributed by atoms with Crippen LogP contribution < -0.4 is 5.32 Å². The number of hydrogen-bond donors (Lipinski definition) is 6. The molecule has 1 aliphatic heterocycles. The van der Waals surface area contributed by atoms with Gasteiger partial charge in [0, 0.05) is 17.6 Å². The molecule has 4 aromatic rings. The van der Waals surface area contributed by atoms with Crippen LogP contribution in [0.2, 0.25) is 0 Å². The Morgan fingerprint density at radius 2 is 2.03 bits per heavy atom. The van der Waals surface area contributed by atoms with Gasteiger partial charge in [0.25, 0.3) is 0 Å². The third kappa shape index (κ3) is 3.78. The Hall–Kier alpha value is -3.58. The van der Waals surface area contributed by atoms with Crippen LogP contribution in [0, 0.1) is 0 Å². The number of para-hydroxylation sites is 1. The Labute approximate surface area is 186 Å². The molecule has 5 rings (SSSR count). The van der Waals surface area contributed by atoms with Crippen molar-refractivity contribution in [3.8, 4) is 0 Å². The molecule has 0 bridgehead atoms. The van der Waals surface area contributed by atoms with Crippen LogP contribution in [0.15, 0.2) is 43.0 Å². The summed E-state index contributed by atoms with van der Waals surface area (Å²) in [5.74, 6) is -0.864. The van der Waals surface area contributed by atoms with Crippen molar-refractivity contribution in [3.05, 3.63) is 48.7 Å². The average Bonchev–Trinajstić information content (AvgIpc) is 3.49. The van der Waals surface area contributed by atoms with Crippen molar-refractivity contribution in [2.75, 3.05) is 11.9 Å². The van der Waals surface area contributed by atoms with E-state index in [0.717, 1.165) is 16.6 Å². The van der Waals surface area contributed by atoms with Crippen LogP contribution in [0.5, 0.6) is 0 Å². The van der Waals surface area contributed by atoms with Gasteiger partial charge in [0.2, 0.25) is 0 Å². The maximum atomic E-state index is 12.0. The highest BCUT2D eigenvalue weighted by Crippen LogP contribution is 2.32. The van der Waals surface area contributed by atoms with Gasteiger partial charge in [-0.2, -0.15) is 0 Å². The molecule has 172 valence electrons. The molecule has 0 amide bonds. The molecular formula is C21H22N6O6. The summed E-state index contributed by atoms with van der Waals surface area (Å²) in [4.78, 5) is 27.8. The molecule has 12 heteroatoms. The highest BCUT2D eigenvalue weighted by atomic mass is 16.6. The number of anilines is 1. The van der Waals surface area contributed by atoms with E-state index in [-0.39, 0.29) is 23.4 Å². The summed E-state index contributed by atoms with van der Waals surface area (Å²) in [7, 11) is 0. The normalized spacial score (nSPS) is 23.8. The molecule has 5 atom stereocenters. The number of aromatic amines is 1. The van der Waals surface area contributed by atoms with Gasteiger partial charge in [-0.05, 0) is 17.5 Å². The van der Waals surface area contributed by atoms with E-state index in [0.29, 0.717) is 0 Å². The van der Waals surface area contributed by atoms with E-state index < -0.39 is 43.2 Å². The number of nitrogens with zero attached hydrogens (tertiary/aromatic N) is 4. The van der Waals surface area contributed by atoms with Gasteiger partial charge in [-0.1, -0.05) is 18.2 Å². The quantitative estimate of drug-likeness (QED) is 0.223. The molecule has 3 aromatic heterocycles. The molecule has 5 unspecified atom stereocenters. The van der Waals surface area contributed by atoms with Crippen LogP contribution in [-0.4, -0.2) is 81.9 Å². The van der Waals surface area contributed by atoms with Crippen molar-refractivity contribution in [2.24, 2.45) is 0 Å². The van der Waals surface area contributed by atoms with E-state index in [2.05, 4.69) is 25.3 Å². The Balaban J connectivity index is 1.42. The zero-order valence-corrected chi connectivity index (χ0v) is 17.2. The Morgan fingerprint density at radius 1 is 1.21 bits per heavy atom. The van der Waals surface area contributed by atoms with Gasteiger partial charge in [-0.15, -0.1) is 0 Å². The fraction of sp³-hybridized carbons (Fsp3) is 0.333. The number of carboxylic acids is 1. The standard InChI is InChI=1S/C21H22N6O6/c28-7-14-16(29)17(30)20(33-14)27-9-24-15-18(22-8-23-19(15)27)26-13(21(31)32)6-11-5-10-3-1-2-4-12(10)25-11/h1-5,8-9,13-14,16-17,20,25,28-30H,6-7H2,(H,31,32)(H,22,23,26). The summed E-state index contributed by atoms with van der Waals surface area (Å²) in [6.07, 6.45) is -1.78. The average molecular weight is 454 g/mol. The Morgan fingerprint density at radius 3 is 2.76 bits per heavy atom. The van der Waals surface area contributed by atoms with E-state index in [4.69, 9.17) is 4.74 Å². The SMILES string of the molecule is O=C(O)C(Cc1cc2ccccc2[nH]1)Nc1ncnc2c1ncn2C1OC(CO)C(O)C1O. The summed E-state index contributed by atoms with van der Waals surface area (Å²) in [5, 5.41) is 43.4. The van der Waals surface area contributed by atoms with E-state index >= 15 is 0 Å². The number of H-pyrrole nitrogens is 1. The number of imidazole rings is 1. The minimum absolute atomic E-state index is 0.172. The van der Waals surface area contributed by atoms with Gasteiger partial charge < -0.3 is 35.5 Å². The molecule has 1 fully saturated rings. The third-order valence-electron chi connectivity index (χ3n) is 5.77. The lowest BCUT2D eigenvalue weighted by molar-refractivity contribution is -0.137. The second-order valence-corrected chi connectivity index (χ2v) is 7.90. The number of fused-ring (bicyclic) bond motifs is 2. The number of carboxylic acid groups (broad SMARTS) is 1. The van der Waals surface area contributed by atoms with Crippen LogP contribution >= 0.6 is 0 Å². The number of hydrogen-bond acceptors (Lipinski definition) is 9. The maximum absolute atomic E-state index is 12.0. The molecule has 0 saturated carbocycles. The van der Waals surface area contributed by atoms with Crippen LogP contribution in [-0.2, 0) is 16.0 Å². The Kier molecular flexibility index (Phi) is 5.42. The monoisotopic (exact) mass is 454 g/mol. The highest BCUT2D eigenvalue weighted by molar-refractivity contribution is 5.86. The smallest absolute Gasteiger partial charge is 0.326 e. The van der Waals surface area contributed by atoms with Crippen molar-refractivity contribution < 1.29 is 30.0 Å². The Bertz CT molecular complexity index is 1270. The molecule has 6 N–H and O–H groups in total. The first-order valence-corrected chi connectivity index (χ1v) is 10.3. The predicted molar refractivity (Wildman–Crippen MR) is 115 cm³/mol. The second kappa shape index (κ2) is 8.41. The van der Waals surface area contributed by atoms with Crippen molar-refractivity contribution in [2.45, 2.75) is 37.0 Å². The molecule has 1 saturated heterocycles. The third-order valence-corrected chi connectivity index (χ3v) is 5.77. The van der Waals surface area contributed by atoms with Crippen molar-refractivity contribution in [3.63, 3.8) is 0 Å². The lowest BCUT2D eigenvalue weighted by Crippen LogP contribution is -2.33. The molecule has 0 radical (unpaired) electrons. The van der Waals surface area contributed by atoms with E-state index in [1.807, 2.05) is 30.3 Å². The number of aliphatic hydroxyl groups is 3. The number of rotatable bonds is 7. The molecule has 0 aliphatic carbocycles. The zero-order chi connectivity index (χ0) is 23.1. The first kappa shape index (κ1) is 21.3. The summed E-state index contributed by atoms with van der Waals surface area (Å²) < 4.78 is 6.96. The number of nitrogens with one attached hydrogen (secondary N) is 2. The predicted octanol–water partition coefficient (Wildman–Crippen LogP) is 0.0269.